The fourth-order valence-corrected chi connectivity index (χ4v) is 1.44. The summed E-state index contributed by atoms with van der Waals surface area (Å²) in [6.07, 6.45) is 0.250. The number of carbonyl (C=O) groups is 1. The van der Waals surface area contributed by atoms with Crippen LogP contribution in [0.5, 0.6) is 0 Å². The second kappa shape index (κ2) is 8.42. The zero-order chi connectivity index (χ0) is 14.8. The molecule has 5 nitrogen and oxygen atoms in total. The van der Waals surface area contributed by atoms with Gasteiger partial charge in [0.25, 0.3) is 0 Å². The maximum Gasteiger partial charge on any atom is 0.204 e. The molecular formula is C15H18N4O. The van der Waals surface area contributed by atoms with Crippen LogP contribution in [0.1, 0.15) is 0 Å². The number of nitrogens with zero attached hydrogens (tertiary/aromatic N) is 3. The molecule has 0 atom stereocenters. The Morgan fingerprint density at radius 1 is 0.950 bits per heavy atom. The van der Waals surface area contributed by atoms with Crippen molar-refractivity contribution in [1.82, 2.24) is 0 Å². The standard InChI is InChI=1S/C14H15N3.CH3NO/c1-17(2)14-10-6-9-13(11-14)16-15-12-7-4-3-5-8-12;2-1-3/h3-11H,1-2H3;1H,(H2,2,3). The summed E-state index contributed by atoms with van der Waals surface area (Å²) in [6, 6.07) is 17.7. The first-order chi connectivity index (χ1) is 9.67. The predicted octanol–water partition coefficient (Wildman–Crippen LogP) is 3.27. The Morgan fingerprint density at radius 2 is 1.50 bits per heavy atom. The van der Waals surface area contributed by atoms with Gasteiger partial charge in [-0.2, -0.15) is 10.2 Å². The van der Waals surface area contributed by atoms with Crippen molar-refractivity contribution in [2.45, 2.75) is 0 Å². The Bertz CT molecular complexity index is 553. The number of amides is 1. The molecule has 0 heterocycles. The van der Waals surface area contributed by atoms with Crippen molar-refractivity contribution in [2.75, 3.05) is 19.0 Å². The fourth-order valence-electron chi connectivity index (χ4n) is 1.44. The molecule has 0 saturated heterocycles. The quantitative estimate of drug-likeness (QED) is 0.686. The van der Waals surface area contributed by atoms with E-state index in [0.29, 0.717) is 0 Å². The summed E-state index contributed by atoms with van der Waals surface area (Å²) in [4.78, 5) is 10.6. The highest BCUT2D eigenvalue weighted by Gasteiger charge is 1.96. The van der Waals surface area contributed by atoms with Crippen LogP contribution in [-0.2, 0) is 4.79 Å². The van der Waals surface area contributed by atoms with E-state index in [2.05, 4.69) is 16.0 Å². The molecular weight excluding hydrogens is 252 g/mol. The van der Waals surface area contributed by atoms with Gasteiger partial charge in [0.15, 0.2) is 0 Å². The van der Waals surface area contributed by atoms with Gasteiger partial charge < -0.3 is 10.6 Å². The number of hydrogen-bond acceptors (Lipinski definition) is 4. The van der Waals surface area contributed by atoms with Crippen molar-refractivity contribution in [1.29, 1.82) is 0 Å². The molecule has 5 heteroatoms. The normalized spacial score (nSPS) is 9.70. The van der Waals surface area contributed by atoms with E-state index in [1.54, 1.807) is 0 Å². The molecule has 0 radical (unpaired) electrons. The third kappa shape index (κ3) is 5.30. The summed E-state index contributed by atoms with van der Waals surface area (Å²) < 4.78 is 0. The van der Waals surface area contributed by atoms with Gasteiger partial charge in [0.05, 0.1) is 11.4 Å². The van der Waals surface area contributed by atoms with Crippen LogP contribution >= 0.6 is 0 Å². The van der Waals surface area contributed by atoms with Crippen LogP contribution in [0, 0.1) is 0 Å². The molecule has 0 spiro atoms. The SMILES string of the molecule is CN(C)c1cccc(N=Nc2ccccc2)c1.NC=O. The van der Waals surface area contributed by atoms with Gasteiger partial charge in [0, 0.05) is 19.8 Å². The number of hydrogen-bond donors (Lipinski definition) is 1. The van der Waals surface area contributed by atoms with Gasteiger partial charge in [-0.05, 0) is 30.3 Å². The number of primary amides is 1. The molecule has 0 aliphatic rings. The number of azo groups is 1. The van der Waals surface area contributed by atoms with Crippen LogP contribution in [0.4, 0.5) is 17.1 Å². The summed E-state index contributed by atoms with van der Waals surface area (Å²) in [5.41, 5.74) is 7.01. The summed E-state index contributed by atoms with van der Waals surface area (Å²) in [7, 11) is 4.01. The van der Waals surface area contributed by atoms with Crippen molar-refractivity contribution in [3.8, 4) is 0 Å². The van der Waals surface area contributed by atoms with Crippen molar-refractivity contribution in [2.24, 2.45) is 16.0 Å². The van der Waals surface area contributed by atoms with Gasteiger partial charge in [0.2, 0.25) is 6.41 Å². The van der Waals surface area contributed by atoms with Crippen molar-refractivity contribution < 1.29 is 4.79 Å². The topological polar surface area (TPSA) is 71.1 Å². The highest BCUT2D eigenvalue weighted by Crippen LogP contribution is 2.22. The van der Waals surface area contributed by atoms with Crippen LogP contribution in [0.15, 0.2) is 64.8 Å². The van der Waals surface area contributed by atoms with Crippen molar-refractivity contribution >= 4 is 23.5 Å². The fraction of sp³-hybridized carbons (Fsp3) is 0.133. The highest BCUT2D eigenvalue weighted by atomic mass is 16.1. The molecule has 0 aliphatic heterocycles. The molecule has 0 fully saturated rings. The third-order valence-electron chi connectivity index (χ3n) is 2.38. The van der Waals surface area contributed by atoms with Gasteiger partial charge in [-0.15, -0.1) is 0 Å². The van der Waals surface area contributed by atoms with E-state index in [1.165, 1.54) is 0 Å². The molecule has 0 aromatic heterocycles. The van der Waals surface area contributed by atoms with Gasteiger partial charge in [-0.1, -0.05) is 24.3 Å². The molecule has 0 unspecified atom stereocenters. The largest absolute Gasteiger partial charge is 0.378 e. The first kappa shape index (κ1) is 15.4. The number of benzene rings is 2. The van der Waals surface area contributed by atoms with Crippen molar-refractivity contribution in [3.05, 3.63) is 54.6 Å². The smallest absolute Gasteiger partial charge is 0.204 e. The minimum absolute atomic E-state index is 0.250. The first-order valence-electron chi connectivity index (χ1n) is 6.07. The van der Waals surface area contributed by atoms with E-state index >= 15 is 0 Å². The molecule has 0 saturated carbocycles. The van der Waals surface area contributed by atoms with E-state index in [1.807, 2.05) is 73.6 Å². The molecule has 2 N–H and O–H groups in total. The first-order valence-corrected chi connectivity index (χ1v) is 6.07. The van der Waals surface area contributed by atoms with E-state index in [0.717, 1.165) is 17.1 Å². The predicted molar refractivity (Wildman–Crippen MR) is 81.6 cm³/mol. The van der Waals surface area contributed by atoms with E-state index < -0.39 is 0 Å². The summed E-state index contributed by atoms with van der Waals surface area (Å²) in [5.74, 6) is 0. The molecule has 0 bridgehead atoms. The highest BCUT2D eigenvalue weighted by molar-refractivity contribution is 5.54. The molecule has 1 amide bonds. The van der Waals surface area contributed by atoms with Gasteiger partial charge in [-0.25, -0.2) is 0 Å². The number of nitrogens with two attached hydrogens (primary N) is 1. The summed E-state index contributed by atoms with van der Waals surface area (Å²) in [5, 5.41) is 8.40. The molecule has 0 aliphatic carbocycles. The van der Waals surface area contributed by atoms with Crippen LogP contribution in [0.2, 0.25) is 0 Å². The van der Waals surface area contributed by atoms with Crippen LogP contribution in [-0.4, -0.2) is 20.5 Å². The van der Waals surface area contributed by atoms with Gasteiger partial charge in [-0.3, -0.25) is 4.79 Å². The lowest BCUT2D eigenvalue weighted by atomic mass is 10.3. The maximum absolute atomic E-state index is 8.58. The third-order valence-corrected chi connectivity index (χ3v) is 2.38. The molecule has 20 heavy (non-hydrogen) atoms. The number of anilines is 1. The number of rotatable bonds is 3. The van der Waals surface area contributed by atoms with Gasteiger partial charge in [0.1, 0.15) is 0 Å². The Morgan fingerprint density at radius 3 is 2.10 bits per heavy atom. The zero-order valence-electron chi connectivity index (χ0n) is 11.6. The molecule has 2 aromatic carbocycles. The van der Waals surface area contributed by atoms with Crippen LogP contribution < -0.4 is 10.6 Å². The minimum atomic E-state index is 0.250. The molecule has 104 valence electrons. The Balaban J connectivity index is 0.000000612. The minimum Gasteiger partial charge on any atom is -0.378 e. The lowest BCUT2D eigenvalue weighted by molar-refractivity contribution is -0.106. The van der Waals surface area contributed by atoms with Crippen LogP contribution in [0.25, 0.3) is 0 Å². The average Bonchev–Trinajstić information content (AvgIpc) is 2.47. The Kier molecular flexibility index (Phi) is 6.47. The average molecular weight is 270 g/mol. The molecule has 2 aromatic rings. The van der Waals surface area contributed by atoms with Crippen molar-refractivity contribution in [3.63, 3.8) is 0 Å². The van der Waals surface area contributed by atoms with E-state index in [-0.39, 0.29) is 6.41 Å². The monoisotopic (exact) mass is 270 g/mol. The lowest BCUT2D eigenvalue weighted by Crippen LogP contribution is -2.07. The second-order valence-corrected chi connectivity index (χ2v) is 4.09. The maximum atomic E-state index is 8.58. The molecule has 2 rings (SSSR count). The number of carbonyl (C=O) groups excluding carboxylic acids is 1. The zero-order valence-corrected chi connectivity index (χ0v) is 11.6. The summed E-state index contributed by atoms with van der Waals surface area (Å²) >= 11 is 0. The van der Waals surface area contributed by atoms with E-state index in [9.17, 15) is 0 Å². The van der Waals surface area contributed by atoms with E-state index in [4.69, 9.17) is 4.79 Å². The lowest BCUT2D eigenvalue weighted by Gasteiger charge is -2.11. The summed E-state index contributed by atoms with van der Waals surface area (Å²) in [6.45, 7) is 0. The Labute approximate surface area is 118 Å². The second-order valence-electron chi connectivity index (χ2n) is 4.09. The Hall–Kier alpha value is -2.69. The van der Waals surface area contributed by atoms with Crippen LogP contribution in [0.3, 0.4) is 0 Å². The van der Waals surface area contributed by atoms with Gasteiger partial charge >= 0.3 is 0 Å².